The van der Waals surface area contributed by atoms with Gasteiger partial charge in [0.2, 0.25) is 0 Å². The fourth-order valence-corrected chi connectivity index (χ4v) is 2.86. The average Bonchev–Trinajstić information content (AvgIpc) is 2.64. The number of carboxylic acids is 1. The maximum Gasteiger partial charge on any atom is 0.335 e. The van der Waals surface area contributed by atoms with Crippen LogP contribution < -0.4 is 0 Å². The molecule has 4 nitrogen and oxygen atoms in total. The number of unbranched alkanes of at least 4 members (excludes halogenated alkanes) is 7. The topological polar surface area (TPSA) is 63.1 Å². The van der Waals surface area contributed by atoms with E-state index < -0.39 is 5.97 Å². The molecule has 2 rings (SSSR count). The molecule has 1 aromatic carbocycles. The highest BCUT2D eigenvalue weighted by molar-refractivity contribution is 5.88. The van der Waals surface area contributed by atoms with E-state index in [4.69, 9.17) is 5.11 Å². The molecule has 0 spiro atoms. The second-order valence-electron chi connectivity index (χ2n) is 6.52. The van der Waals surface area contributed by atoms with Gasteiger partial charge in [0.05, 0.1) is 5.56 Å². The van der Waals surface area contributed by atoms with Gasteiger partial charge in [-0.3, -0.25) is 0 Å². The van der Waals surface area contributed by atoms with Crippen LogP contribution in [0.15, 0.2) is 36.7 Å². The normalized spacial score (nSPS) is 10.8. The number of carboxylic acid groups (broad SMARTS) is 1. The van der Waals surface area contributed by atoms with Gasteiger partial charge in [-0.05, 0) is 30.5 Å². The molecule has 0 bridgehead atoms. The lowest BCUT2D eigenvalue weighted by atomic mass is 10.1. The zero-order chi connectivity index (χ0) is 17.9. The van der Waals surface area contributed by atoms with E-state index in [-0.39, 0.29) is 5.56 Å². The van der Waals surface area contributed by atoms with E-state index in [9.17, 15) is 4.79 Å². The number of carbonyl (C=O) groups is 1. The standard InChI is InChI=1S/C21H28N2O2/c1-2-3-4-5-6-7-8-9-10-17-15-22-20(23-16-17)18-11-13-19(14-12-18)21(24)25/h11-16H,2-10H2,1H3,(H,24,25). The summed E-state index contributed by atoms with van der Waals surface area (Å²) in [6.07, 6.45) is 15.3. The fourth-order valence-electron chi connectivity index (χ4n) is 2.86. The van der Waals surface area contributed by atoms with Gasteiger partial charge in [-0.15, -0.1) is 0 Å². The summed E-state index contributed by atoms with van der Waals surface area (Å²) in [5.41, 5.74) is 2.27. The van der Waals surface area contributed by atoms with Gasteiger partial charge in [-0.2, -0.15) is 0 Å². The van der Waals surface area contributed by atoms with Crippen molar-refractivity contribution in [2.45, 2.75) is 64.7 Å². The Hall–Kier alpha value is -2.23. The Morgan fingerprint density at radius 3 is 2.00 bits per heavy atom. The Labute approximate surface area is 150 Å². The summed E-state index contributed by atoms with van der Waals surface area (Å²) >= 11 is 0. The largest absolute Gasteiger partial charge is 0.478 e. The van der Waals surface area contributed by atoms with Crippen molar-refractivity contribution in [3.05, 3.63) is 47.8 Å². The number of hydrogen-bond donors (Lipinski definition) is 1. The summed E-state index contributed by atoms with van der Waals surface area (Å²) in [6.45, 7) is 2.25. The number of aromatic nitrogens is 2. The number of aryl methyl sites for hydroxylation is 1. The smallest absolute Gasteiger partial charge is 0.335 e. The van der Waals surface area contributed by atoms with Crippen LogP contribution in [0, 0.1) is 0 Å². The van der Waals surface area contributed by atoms with Crippen LogP contribution in [0.25, 0.3) is 11.4 Å². The number of nitrogens with zero attached hydrogens (tertiary/aromatic N) is 2. The fraction of sp³-hybridized carbons (Fsp3) is 0.476. The molecule has 0 aliphatic heterocycles. The number of aromatic carboxylic acids is 1. The first kappa shape index (κ1) is 19.1. The molecule has 0 aliphatic carbocycles. The van der Waals surface area contributed by atoms with Crippen molar-refractivity contribution in [2.24, 2.45) is 0 Å². The molecular formula is C21H28N2O2. The minimum atomic E-state index is -0.923. The lowest BCUT2D eigenvalue weighted by Gasteiger charge is -2.04. The lowest BCUT2D eigenvalue weighted by Crippen LogP contribution is -1.96. The zero-order valence-electron chi connectivity index (χ0n) is 15.1. The van der Waals surface area contributed by atoms with E-state index in [1.807, 2.05) is 12.4 Å². The van der Waals surface area contributed by atoms with Crippen LogP contribution in [0.3, 0.4) is 0 Å². The van der Waals surface area contributed by atoms with Crippen molar-refractivity contribution in [1.29, 1.82) is 0 Å². The highest BCUT2D eigenvalue weighted by Gasteiger charge is 2.05. The Kier molecular flexibility index (Phi) is 8.10. The van der Waals surface area contributed by atoms with E-state index >= 15 is 0 Å². The average molecular weight is 340 g/mol. The van der Waals surface area contributed by atoms with Gasteiger partial charge < -0.3 is 5.11 Å². The number of rotatable bonds is 11. The van der Waals surface area contributed by atoms with Crippen LogP contribution >= 0.6 is 0 Å². The van der Waals surface area contributed by atoms with Crippen LogP contribution in [0.5, 0.6) is 0 Å². The molecule has 0 radical (unpaired) electrons. The maximum atomic E-state index is 10.9. The first-order chi connectivity index (χ1) is 12.2. The minimum Gasteiger partial charge on any atom is -0.478 e. The summed E-state index contributed by atoms with van der Waals surface area (Å²) in [6, 6.07) is 6.65. The molecule has 2 aromatic rings. The summed E-state index contributed by atoms with van der Waals surface area (Å²) in [5.74, 6) is -0.287. The Bertz CT molecular complexity index is 636. The molecule has 0 unspecified atom stereocenters. The lowest BCUT2D eigenvalue weighted by molar-refractivity contribution is 0.0697. The van der Waals surface area contributed by atoms with Gasteiger partial charge in [0, 0.05) is 18.0 Å². The molecule has 0 saturated heterocycles. The van der Waals surface area contributed by atoms with Gasteiger partial charge in [-0.25, -0.2) is 14.8 Å². The third-order valence-electron chi connectivity index (χ3n) is 4.41. The number of hydrogen-bond acceptors (Lipinski definition) is 3. The van der Waals surface area contributed by atoms with Gasteiger partial charge in [0.15, 0.2) is 5.82 Å². The van der Waals surface area contributed by atoms with Gasteiger partial charge in [0.1, 0.15) is 0 Å². The van der Waals surface area contributed by atoms with E-state index in [0.29, 0.717) is 5.82 Å². The van der Waals surface area contributed by atoms with E-state index in [0.717, 1.165) is 17.5 Å². The summed E-state index contributed by atoms with van der Waals surface area (Å²) < 4.78 is 0. The van der Waals surface area contributed by atoms with Crippen molar-refractivity contribution in [3.63, 3.8) is 0 Å². The molecule has 1 heterocycles. The Morgan fingerprint density at radius 1 is 0.880 bits per heavy atom. The monoisotopic (exact) mass is 340 g/mol. The molecule has 0 aliphatic rings. The van der Waals surface area contributed by atoms with Gasteiger partial charge in [-0.1, -0.05) is 64.0 Å². The molecule has 4 heteroatoms. The van der Waals surface area contributed by atoms with E-state index in [2.05, 4.69) is 16.9 Å². The Morgan fingerprint density at radius 2 is 1.44 bits per heavy atom. The van der Waals surface area contributed by atoms with Crippen molar-refractivity contribution >= 4 is 5.97 Å². The summed E-state index contributed by atoms with van der Waals surface area (Å²) in [4.78, 5) is 19.7. The minimum absolute atomic E-state index is 0.273. The molecular weight excluding hydrogens is 312 g/mol. The van der Waals surface area contributed by atoms with Crippen LogP contribution in [-0.2, 0) is 6.42 Å². The molecule has 1 aromatic heterocycles. The van der Waals surface area contributed by atoms with Crippen LogP contribution in [0.2, 0.25) is 0 Å². The molecule has 0 amide bonds. The van der Waals surface area contributed by atoms with Crippen molar-refractivity contribution in [1.82, 2.24) is 9.97 Å². The predicted octanol–water partition coefficient (Wildman–Crippen LogP) is 5.53. The molecule has 0 atom stereocenters. The SMILES string of the molecule is CCCCCCCCCCc1cnc(-c2ccc(C(=O)O)cc2)nc1. The second-order valence-corrected chi connectivity index (χ2v) is 6.52. The third kappa shape index (κ3) is 6.65. The van der Waals surface area contributed by atoms with Crippen LogP contribution in [-0.4, -0.2) is 21.0 Å². The van der Waals surface area contributed by atoms with E-state index in [1.54, 1.807) is 24.3 Å². The van der Waals surface area contributed by atoms with E-state index in [1.165, 1.54) is 51.4 Å². The second kappa shape index (κ2) is 10.6. The van der Waals surface area contributed by atoms with Crippen LogP contribution in [0.4, 0.5) is 0 Å². The zero-order valence-corrected chi connectivity index (χ0v) is 15.1. The summed E-state index contributed by atoms with van der Waals surface area (Å²) in [5, 5.41) is 8.93. The molecule has 25 heavy (non-hydrogen) atoms. The maximum absolute atomic E-state index is 10.9. The third-order valence-corrected chi connectivity index (χ3v) is 4.41. The van der Waals surface area contributed by atoms with Crippen molar-refractivity contribution in [2.75, 3.05) is 0 Å². The molecule has 1 N–H and O–H groups in total. The molecule has 134 valence electrons. The number of benzene rings is 1. The van der Waals surface area contributed by atoms with Crippen LogP contribution in [0.1, 0.15) is 74.2 Å². The highest BCUT2D eigenvalue weighted by Crippen LogP contribution is 2.16. The predicted molar refractivity (Wildman–Crippen MR) is 101 cm³/mol. The molecule has 0 fully saturated rings. The first-order valence-electron chi connectivity index (χ1n) is 9.35. The molecule has 0 saturated carbocycles. The van der Waals surface area contributed by atoms with Gasteiger partial charge in [0.25, 0.3) is 0 Å². The van der Waals surface area contributed by atoms with Crippen molar-refractivity contribution in [3.8, 4) is 11.4 Å². The Balaban J connectivity index is 1.73. The van der Waals surface area contributed by atoms with Gasteiger partial charge >= 0.3 is 5.97 Å². The summed E-state index contributed by atoms with van der Waals surface area (Å²) in [7, 11) is 0. The first-order valence-corrected chi connectivity index (χ1v) is 9.35. The van der Waals surface area contributed by atoms with Crippen molar-refractivity contribution < 1.29 is 9.90 Å². The highest BCUT2D eigenvalue weighted by atomic mass is 16.4. The quantitative estimate of drug-likeness (QED) is 0.547.